The van der Waals surface area contributed by atoms with Crippen molar-refractivity contribution in [1.82, 2.24) is 15.0 Å². The molecule has 0 atom stereocenters. The first-order valence-electron chi connectivity index (χ1n) is 15.5. The molecule has 0 bridgehead atoms. The monoisotopic (exact) mass is 979 g/mol. The molecule has 0 saturated heterocycles. The van der Waals surface area contributed by atoms with E-state index < -0.39 is 131 Å². The van der Waals surface area contributed by atoms with Crippen LogP contribution in [0.15, 0.2) is 99.4 Å². The summed E-state index contributed by atoms with van der Waals surface area (Å²) in [6.07, 6.45) is 0.471. The molecule has 0 radical (unpaired) electrons. The summed E-state index contributed by atoms with van der Waals surface area (Å²) in [5, 5.41) is 9.28. The van der Waals surface area contributed by atoms with Gasteiger partial charge in [0.05, 0.1) is 22.6 Å². The first-order valence-corrected chi connectivity index (χ1v) is 23.4. The summed E-state index contributed by atoms with van der Waals surface area (Å²) in [6, 6.07) is 7.78. The molecule has 0 spiro atoms. The van der Waals surface area contributed by atoms with E-state index in [4.69, 9.17) is 28.9 Å². The maximum atomic E-state index is 14.0. The Morgan fingerprint density at radius 3 is 1.95 bits per heavy atom. The van der Waals surface area contributed by atoms with Crippen LogP contribution in [0, 0.1) is 0 Å². The number of carbonyl (C=O) groups excluding carboxylic acids is 1. The summed E-state index contributed by atoms with van der Waals surface area (Å²) in [7, 11) is -26.4. The maximum absolute atomic E-state index is 14.0. The quantitative estimate of drug-likeness (QED) is 0.0430. The zero-order valence-electron chi connectivity index (χ0n) is 29.1. The van der Waals surface area contributed by atoms with Crippen LogP contribution in [0.4, 0.5) is 28.4 Å². The molecule has 5 aromatic rings. The van der Waals surface area contributed by atoms with Gasteiger partial charge in [-0.2, -0.15) is 57.2 Å². The number of aromatic amines is 1. The number of H-pyrrole nitrogens is 1. The second kappa shape index (κ2) is 15.7. The molecule has 0 aliphatic heterocycles. The van der Waals surface area contributed by atoms with Crippen molar-refractivity contribution < 1.29 is 69.6 Å². The van der Waals surface area contributed by atoms with Crippen LogP contribution in [0.2, 0.25) is 10.6 Å². The lowest BCUT2D eigenvalue weighted by Gasteiger charge is -2.20. The third kappa shape index (κ3) is 9.33. The highest BCUT2D eigenvalue weighted by molar-refractivity contribution is 7.91. The minimum Gasteiger partial charge on any atom is -0.396 e. The smallest absolute Gasteiger partial charge is 0.297 e. The zero-order chi connectivity index (χ0) is 45.2. The van der Waals surface area contributed by atoms with Crippen LogP contribution in [-0.4, -0.2) is 91.3 Å². The average molecular weight is 981 g/mol. The van der Waals surface area contributed by atoms with Gasteiger partial charge in [0.2, 0.25) is 22.0 Å². The third-order valence-electron chi connectivity index (χ3n) is 7.96. The first kappa shape index (κ1) is 44.9. The number of rotatable bonds is 10. The number of fused-ring (bicyclic) bond motifs is 2. The molecule has 4 aromatic carbocycles. The van der Waals surface area contributed by atoms with Gasteiger partial charge >= 0.3 is 0 Å². The molecule has 0 saturated carbocycles. The Hall–Kier alpha value is -5.64. The van der Waals surface area contributed by atoms with E-state index in [1.54, 1.807) is 0 Å². The average Bonchev–Trinajstić information content (AvgIpc) is 3.10. The van der Waals surface area contributed by atoms with Gasteiger partial charge in [0, 0.05) is 10.8 Å². The molecular weight excluding hydrogens is 962 g/mol. The number of azo groups is 1. The first-order chi connectivity index (χ1) is 28.1. The SMILES string of the molecule is Nc1c(N=Nc2ccc3c(S(=O)(=O)O)cccc3c2S(=O)(=O)O)c(S(=O)(=O)O)cc2c1C(=O)/C(=N/Nc1cc(N=c3nc(Cl)nc(Cl)[nH]3)ccc1S(=O)(=O)O)C(S(=O)(=O)O)=C2. The van der Waals surface area contributed by atoms with E-state index in [0.717, 1.165) is 48.5 Å². The molecule has 1 aliphatic carbocycles. The summed E-state index contributed by atoms with van der Waals surface area (Å²) in [4.78, 5) is 22.4. The van der Waals surface area contributed by atoms with Crippen LogP contribution in [0.1, 0.15) is 15.9 Å². The number of ketones is 1. The van der Waals surface area contributed by atoms with Crippen LogP contribution in [0.3, 0.4) is 0 Å². The second-order valence-electron chi connectivity index (χ2n) is 11.9. The topological polar surface area (TPSA) is 418 Å². The molecule has 0 amide bonds. The zero-order valence-corrected chi connectivity index (χ0v) is 34.7. The number of halogens is 2. The molecule has 320 valence electrons. The largest absolute Gasteiger partial charge is 0.396 e. The van der Waals surface area contributed by atoms with Gasteiger partial charge in [0.25, 0.3) is 50.6 Å². The Morgan fingerprint density at radius 2 is 1.36 bits per heavy atom. The highest BCUT2D eigenvalue weighted by Gasteiger charge is 2.37. The Balaban J connectivity index is 1.54. The molecule has 32 heteroatoms. The van der Waals surface area contributed by atoms with E-state index in [1.165, 1.54) is 0 Å². The Kier molecular flexibility index (Phi) is 11.5. The molecule has 61 heavy (non-hydrogen) atoms. The molecule has 9 N–H and O–H groups in total. The van der Waals surface area contributed by atoms with E-state index in [2.05, 4.69) is 40.7 Å². The van der Waals surface area contributed by atoms with Crippen molar-refractivity contribution in [3.8, 4) is 0 Å². The van der Waals surface area contributed by atoms with Crippen molar-refractivity contribution in [2.24, 2.45) is 20.3 Å². The standard InChI is InChI=1S/C29H19Cl2N9O16S5/c30-27-34-28(31)36-29(35-27)33-12-4-7-18(58(45,46)47)16(10-12)38-40-24-20(60(51,52)53)9-11-8-19(59(48,49)50)23(22(32)21(11)25(24)41)39-37-15-6-5-13-14(26(15)61(54,55)56)2-1-3-17(13)57(42,43)44/h1-10,38H,32H2,(H,42,43,44)(H,45,46,47)(H,48,49,50)(H,51,52,53)(H,54,55,56)(H,33,34,35,36)/b39-37?,40-24+. The number of nitrogens with two attached hydrogens (primary N) is 1. The summed E-state index contributed by atoms with van der Waals surface area (Å²) < 4.78 is 174. The summed E-state index contributed by atoms with van der Waals surface area (Å²) in [5.41, 5.74) is 1.37. The number of nitrogen functional groups attached to an aromatic ring is 1. The maximum Gasteiger partial charge on any atom is 0.297 e. The number of nitrogens with zero attached hydrogens (tertiary/aromatic N) is 6. The normalized spacial score (nSPS) is 15.1. The van der Waals surface area contributed by atoms with E-state index in [9.17, 15) is 69.6 Å². The minimum atomic E-state index is -5.51. The number of hydrogen-bond donors (Lipinski definition) is 8. The molecule has 0 fully saturated rings. The third-order valence-corrected chi connectivity index (χ3v) is 12.8. The van der Waals surface area contributed by atoms with Gasteiger partial charge < -0.3 is 5.73 Å². The minimum absolute atomic E-state index is 0.164. The van der Waals surface area contributed by atoms with E-state index in [0.29, 0.717) is 12.1 Å². The molecular formula is C29H19Cl2N9O16S5. The van der Waals surface area contributed by atoms with Gasteiger partial charge in [-0.25, -0.2) is 4.99 Å². The van der Waals surface area contributed by atoms with E-state index in [-0.39, 0.29) is 21.9 Å². The van der Waals surface area contributed by atoms with Crippen LogP contribution >= 0.6 is 23.2 Å². The predicted molar refractivity (Wildman–Crippen MR) is 211 cm³/mol. The van der Waals surface area contributed by atoms with Crippen molar-refractivity contribution in [2.45, 2.75) is 19.6 Å². The van der Waals surface area contributed by atoms with Gasteiger partial charge in [0.1, 0.15) is 35.9 Å². The Bertz CT molecular complexity index is 3520. The Morgan fingerprint density at radius 1 is 0.705 bits per heavy atom. The lowest BCUT2D eigenvalue weighted by Crippen LogP contribution is -2.28. The summed E-state index contributed by atoms with van der Waals surface area (Å²) in [6.45, 7) is 0. The lowest BCUT2D eigenvalue weighted by molar-refractivity contribution is 0.106. The Labute approximate surface area is 351 Å². The number of Topliss-reactive ketones (excluding diaryl/α,β-unsaturated/α-hetero) is 1. The number of carbonyl (C=O) groups is 1. The van der Waals surface area contributed by atoms with Crippen LogP contribution in [0.5, 0.6) is 0 Å². The number of nitrogens with one attached hydrogen (secondary N) is 2. The van der Waals surface area contributed by atoms with E-state index >= 15 is 0 Å². The van der Waals surface area contributed by atoms with Gasteiger partial charge in [0.15, 0.2) is 5.71 Å². The number of benzene rings is 4. The molecule has 1 aliphatic rings. The highest BCUT2D eigenvalue weighted by Crippen LogP contribution is 2.42. The van der Waals surface area contributed by atoms with Crippen molar-refractivity contribution in [3.63, 3.8) is 0 Å². The van der Waals surface area contributed by atoms with Crippen molar-refractivity contribution in [3.05, 3.63) is 86.8 Å². The van der Waals surface area contributed by atoms with Crippen LogP contribution in [0.25, 0.3) is 16.8 Å². The molecule has 0 unspecified atom stereocenters. The fourth-order valence-corrected chi connectivity index (χ4v) is 9.46. The van der Waals surface area contributed by atoms with Crippen molar-refractivity contribution in [2.75, 3.05) is 11.2 Å². The fourth-order valence-electron chi connectivity index (χ4n) is 5.60. The second-order valence-corrected chi connectivity index (χ2v) is 19.5. The van der Waals surface area contributed by atoms with Crippen molar-refractivity contribution >= 4 is 131 Å². The molecule has 1 heterocycles. The summed E-state index contributed by atoms with van der Waals surface area (Å²) in [5.74, 6) is -1.55. The van der Waals surface area contributed by atoms with Crippen molar-refractivity contribution in [1.29, 1.82) is 0 Å². The van der Waals surface area contributed by atoms with Gasteiger partial charge in [-0.3, -0.25) is 38.0 Å². The predicted octanol–water partition coefficient (Wildman–Crippen LogP) is 3.37. The number of hydrogen-bond acceptors (Lipinski definition) is 19. The number of hydrazone groups is 1. The van der Waals surface area contributed by atoms with Gasteiger partial charge in [-0.05, 0) is 71.2 Å². The van der Waals surface area contributed by atoms with Gasteiger partial charge in [-0.1, -0.05) is 18.2 Å². The number of aromatic nitrogens is 3. The fraction of sp³-hybridized carbons (Fsp3) is 0. The summed E-state index contributed by atoms with van der Waals surface area (Å²) >= 11 is 11.6. The van der Waals surface area contributed by atoms with E-state index in [1.807, 2.05) is 0 Å². The number of anilines is 2. The van der Waals surface area contributed by atoms with Gasteiger partial charge in [-0.15, -0.1) is 10.2 Å². The van der Waals surface area contributed by atoms with Crippen LogP contribution in [-0.2, 0) is 50.6 Å². The highest BCUT2D eigenvalue weighted by atomic mass is 35.5. The molecule has 1 aromatic heterocycles. The molecule has 6 rings (SSSR count). The molecule has 25 nitrogen and oxygen atoms in total. The lowest BCUT2D eigenvalue weighted by atomic mass is 9.92. The van der Waals surface area contributed by atoms with Crippen LogP contribution < -0.4 is 16.8 Å². The number of allylic oxidation sites excluding steroid dienone is 1.